The van der Waals surface area contributed by atoms with Crippen LogP contribution < -0.4 is 10.1 Å². The minimum Gasteiger partial charge on any atom is -0.491 e. The van der Waals surface area contributed by atoms with Gasteiger partial charge in [-0.3, -0.25) is 4.79 Å². The normalized spacial score (nSPS) is 12.5. The van der Waals surface area contributed by atoms with E-state index in [2.05, 4.69) is 5.32 Å². The van der Waals surface area contributed by atoms with Crippen LogP contribution in [0.25, 0.3) is 0 Å². The first-order valence-electron chi connectivity index (χ1n) is 7.67. The van der Waals surface area contributed by atoms with Gasteiger partial charge >= 0.3 is 0 Å². The van der Waals surface area contributed by atoms with Crippen LogP contribution in [-0.2, 0) is 9.84 Å². The Morgan fingerprint density at radius 3 is 2.60 bits per heavy atom. The molecule has 0 aromatic heterocycles. The van der Waals surface area contributed by atoms with Crippen LogP contribution in [0, 0.1) is 6.92 Å². The number of hydrogen-bond acceptors (Lipinski definition) is 4. The molecule has 1 unspecified atom stereocenters. The molecule has 0 saturated heterocycles. The first kappa shape index (κ1) is 19.3. The molecule has 0 fully saturated rings. The molecule has 0 saturated carbocycles. The second kappa shape index (κ2) is 7.89. The second-order valence-corrected chi connectivity index (χ2v) is 8.31. The molecular formula is C18H20ClNO4S. The lowest BCUT2D eigenvalue weighted by atomic mass is 10.2. The van der Waals surface area contributed by atoms with Gasteiger partial charge in [-0.15, -0.1) is 0 Å². The summed E-state index contributed by atoms with van der Waals surface area (Å²) in [5.41, 5.74) is 1.32. The first-order valence-corrected chi connectivity index (χ1v) is 9.93. The average molecular weight is 382 g/mol. The third-order valence-corrected chi connectivity index (χ3v) is 5.04. The van der Waals surface area contributed by atoms with Crippen LogP contribution in [0.15, 0.2) is 47.4 Å². The Bertz CT molecular complexity index is 880. The molecule has 0 aliphatic rings. The first-order chi connectivity index (χ1) is 11.7. The zero-order valence-corrected chi connectivity index (χ0v) is 15.8. The number of hydrogen-bond donors (Lipinski definition) is 1. The molecule has 2 rings (SSSR count). The lowest BCUT2D eigenvalue weighted by Gasteiger charge is -2.16. The fraction of sp³-hybridized carbons (Fsp3) is 0.278. The molecule has 1 amide bonds. The second-order valence-electron chi connectivity index (χ2n) is 5.92. The molecule has 0 spiro atoms. The van der Waals surface area contributed by atoms with Crippen LogP contribution in [-0.4, -0.2) is 33.2 Å². The maximum absolute atomic E-state index is 12.3. The lowest BCUT2D eigenvalue weighted by molar-refractivity contribution is 0.0926. The lowest BCUT2D eigenvalue weighted by Crippen LogP contribution is -2.36. The molecule has 2 aromatic carbocycles. The van der Waals surface area contributed by atoms with E-state index in [9.17, 15) is 13.2 Å². The molecule has 0 bridgehead atoms. The summed E-state index contributed by atoms with van der Waals surface area (Å²) >= 11 is 5.89. The highest BCUT2D eigenvalue weighted by atomic mass is 35.5. The minimum atomic E-state index is -3.50. The Labute approximate surface area is 152 Å². The highest BCUT2D eigenvalue weighted by molar-refractivity contribution is 7.90. The predicted molar refractivity (Wildman–Crippen MR) is 98.2 cm³/mol. The third-order valence-electron chi connectivity index (χ3n) is 3.46. The zero-order chi connectivity index (χ0) is 18.6. The Morgan fingerprint density at radius 2 is 1.96 bits per heavy atom. The van der Waals surface area contributed by atoms with E-state index in [-0.39, 0.29) is 27.4 Å². The molecule has 0 heterocycles. The number of nitrogens with one attached hydrogen (secondary N) is 1. The molecule has 25 heavy (non-hydrogen) atoms. The number of halogens is 1. The van der Waals surface area contributed by atoms with Crippen LogP contribution >= 0.6 is 11.6 Å². The smallest absolute Gasteiger partial charge is 0.251 e. The zero-order valence-electron chi connectivity index (χ0n) is 14.2. The highest BCUT2D eigenvalue weighted by Crippen LogP contribution is 2.22. The molecule has 0 aliphatic carbocycles. The molecule has 0 aliphatic heterocycles. The van der Waals surface area contributed by atoms with Crippen molar-refractivity contribution in [2.45, 2.75) is 24.8 Å². The fourth-order valence-corrected chi connectivity index (χ4v) is 3.51. The van der Waals surface area contributed by atoms with E-state index < -0.39 is 9.84 Å². The summed E-state index contributed by atoms with van der Waals surface area (Å²) in [6.45, 7) is 4.07. The fourth-order valence-electron chi connectivity index (χ4n) is 2.20. The van der Waals surface area contributed by atoms with E-state index in [1.165, 1.54) is 18.2 Å². The summed E-state index contributed by atoms with van der Waals surface area (Å²) in [6.07, 6.45) is 1.05. The number of amides is 1. The quantitative estimate of drug-likeness (QED) is 0.833. The van der Waals surface area contributed by atoms with Crippen molar-refractivity contribution in [3.8, 4) is 5.75 Å². The highest BCUT2D eigenvalue weighted by Gasteiger charge is 2.17. The molecule has 134 valence electrons. The van der Waals surface area contributed by atoms with Gasteiger partial charge in [-0.2, -0.15) is 0 Å². The van der Waals surface area contributed by atoms with Gasteiger partial charge in [0.2, 0.25) is 0 Å². The van der Waals surface area contributed by atoms with Gasteiger partial charge in [0.25, 0.3) is 5.91 Å². The van der Waals surface area contributed by atoms with Gasteiger partial charge in [-0.25, -0.2) is 8.42 Å². The van der Waals surface area contributed by atoms with Gasteiger partial charge in [-0.05, 0) is 49.7 Å². The monoisotopic (exact) mass is 381 g/mol. The molecule has 0 radical (unpaired) electrons. The van der Waals surface area contributed by atoms with Crippen LogP contribution in [0.2, 0.25) is 5.02 Å². The van der Waals surface area contributed by atoms with Gasteiger partial charge in [0, 0.05) is 11.8 Å². The van der Waals surface area contributed by atoms with Crippen molar-refractivity contribution in [2.24, 2.45) is 0 Å². The topological polar surface area (TPSA) is 72.5 Å². The largest absolute Gasteiger partial charge is 0.491 e. The Hall–Kier alpha value is -2.05. The summed E-state index contributed by atoms with van der Waals surface area (Å²) in [4.78, 5) is 12.2. The van der Waals surface area contributed by atoms with E-state index >= 15 is 0 Å². The van der Waals surface area contributed by atoms with Crippen molar-refractivity contribution in [2.75, 3.05) is 12.9 Å². The van der Waals surface area contributed by atoms with Crippen LogP contribution in [0.4, 0.5) is 0 Å². The summed E-state index contributed by atoms with van der Waals surface area (Å²) in [6, 6.07) is 11.5. The maximum Gasteiger partial charge on any atom is 0.251 e. The van der Waals surface area contributed by atoms with E-state index in [1.54, 1.807) is 6.92 Å². The van der Waals surface area contributed by atoms with Gasteiger partial charge < -0.3 is 10.1 Å². The van der Waals surface area contributed by atoms with Gasteiger partial charge in [-0.1, -0.05) is 23.7 Å². The number of rotatable bonds is 6. The van der Waals surface area contributed by atoms with Crippen molar-refractivity contribution in [3.63, 3.8) is 0 Å². The minimum absolute atomic E-state index is 0.0644. The Morgan fingerprint density at radius 1 is 1.24 bits per heavy atom. The average Bonchev–Trinajstić information content (AvgIpc) is 2.52. The number of sulfone groups is 1. The summed E-state index contributed by atoms with van der Waals surface area (Å²) in [7, 11) is -3.50. The van der Waals surface area contributed by atoms with E-state index in [1.807, 2.05) is 31.2 Å². The summed E-state index contributed by atoms with van der Waals surface area (Å²) in [5.74, 6) is 0.342. The van der Waals surface area contributed by atoms with Crippen LogP contribution in [0.3, 0.4) is 0 Å². The Kier molecular flexibility index (Phi) is 6.08. The van der Waals surface area contributed by atoms with Crippen molar-refractivity contribution >= 4 is 27.3 Å². The number of aryl methyl sites for hydroxylation is 1. The SMILES string of the molecule is Cc1cccc(OCC(C)NC(=O)c2ccc(Cl)c(S(C)(=O)=O)c2)c1. The van der Waals surface area contributed by atoms with E-state index in [4.69, 9.17) is 16.3 Å². The number of benzene rings is 2. The number of carbonyl (C=O) groups is 1. The standard InChI is InChI=1S/C18H20ClNO4S/c1-12-5-4-6-15(9-12)24-11-13(2)20-18(21)14-7-8-16(19)17(10-14)25(3,22)23/h4-10,13H,11H2,1-3H3,(H,20,21). The molecular weight excluding hydrogens is 362 g/mol. The Balaban J connectivity index is 2.01. The number of carbonyl (C=O) groups excluding carboxylic acids is 1. The molecule has 2 aromatic rings. The van der Waals surface area contributed by atoms with Crippen molar-refractivity contribution in [1.82, 2.24) is 5.32 Å². The van der Waals surface area contributed by atoms with Gasteiger partial charge in [0.15, 0.2) is 9.84 Å². The molecule has 1 atom stereocenters. The van der Waals surface area contributed by atoms with Crippen molar-refractivity contribution in [1.29, 1.82) is 0 Å². The maximum atomic E-state index is 12.3. The van der Waals surface area contributed by atoms with Gasteiger partial charge in [0.1, 0.15) is 12.4 Å². The van der Waals surface area contributed by atoms with E-state index in [0.29, 0.717) is 6.61 Å². The molecule has 5 nitrogen and oxygen atoms in total. The summed E-state index contributed by atoms with van der Waals surface area (Å²) < 4.78 is 29.1. The van der Waals surface area contributed by atoms with E-state index in [0.717, 1.165) is 17.6 Å². The van der Waals surface area contributed by atoms with Crippen molar-refractivity contribution < 1.29 is 17.9 Å². The number of ether oxygens (including phenoxy) is 1. The third kappa shape index (κ3) is 5.47. The molecule has 1 N–H and O–H groups in total. The summed E-state index contributed by atoms with van der Waals surface area (Å²) in [5, 5.41) is 2.87. The van der Waals surface area contributed by atoms with Gasteiger partial charge in [0.05, 0.1) is 16.0 Å². The van der Waals surface area contributed by atoms with Crippen LogP contribution in [0.1, 0.15) is 22.8 Å². The molecule has 7 heteroatoms. The van der Waals surface area contributed by atoms with Crippen molar-refractivity contribution in [3.05, 3.63) is 58.6 Å². The predicted octanol–water partition coefficient (Wildman–Crippen LogP) is 3.25. The van der Waals surface area contributed by atoms with Crippen LogP contribution in [0.5, 0.6) is 5.75 Å².